The summed E-state index contributed by atoms with van der Waals surface area (Å²) >= 11 is 1.45. The third kappa shape index (κ3) is 4.63. The second kappa shape index (κ2) is 9.97. The van der Waals surface area contributed by atoms with Gasteiger partial charge in [-0.1, -0.05) is 36.9 Å². The van der Waals surface area contributed by atoms with E-state index in [1.807, 2.05) is 68.4 Å². The van der Waals surface area contributed by atoms with E-state index in [2.05, 4.69) is 32.7 Å². The Bertz CT molecular complexity index is 1110. The first-order valence-corrected chi connectivity index (χ1v) is 12.1. The molecule has 2 atom stereocenters. The Kier molecular flexibility index (Phi) is 7.05. The van der Waals surface area contributed by atoms with Gasteiger partial charge in [-0.15, -0.1) is 10.2 Å². The smallest absolute Gasteiger partial charge is 0.240 e. The number of amides is 1. The summed E-state index contributed by atoms with van der Waals surface area (Å²) in [7, 11) is 5.75. The molecule has 1 aliphatic rings. The predicted octanol–water partition coefficient (Wildman–Crippen LogP) is 4.36. The van der Waals surface area contributed by atoms with E-state index in [0.717, 1.165) is 42.3 Å². The maximum Gasteiger partial charge on any atom is 0.240 e. The zero-order valence-electron chi connectivity index (χ0n) is 19.9. The number of methoxy groups -OCH3 is 1. The van der Waals surface area contributed by atoms with Crippen molar-refractivity contribution in [2.45, 2.75) is 43.1 Å². The molecule has 0 fully saturated rings. The van der Waals surface area contributed by atoms with Gasteiger partial charge < -0.3 is 9.64 Å². The molecule has 2 unspecified atom stereocenters. The van der Waals surface area contributed by atoms with Gasteiger partial charge in [0.1, 0.15) is 5.75 Å². The molecular formula is C25H31N5O2S. The number of nitrogens with zero attached hydrogens (tertiary/aromatic N) is 5. The lowest BCUT2D eigenvalue weighted by molar-refractivity contribution is -0.117. The van der Waals surface area contributed by atoms with Gasteiger partial charge in [-0.2, -0.15) is 0 Å². The zero-order valence-corrected chi connectivity index (χ0v) is 20.7. The normalized spacial score (nSPS) is 14.9. The lowest BCUT2D eigenvalue weighted by atomic mass is 10.2. The van der Waals surface area contributed by atoms with Gasteiger partial charge in [0.15, 0.2) is 11.0 Å². The predicted molar refractivity (Wildman–Crippen MR) is 132 cm³/mol. The van der Waals surface area contributed by atoms with Crippen LogP contribution in [0.5, 0.6) is 5.75 Å². The Morgan fingerprint density at radius 3 is 2.55 bits per heavy atom. The average molecular weight is 466 g/mol. The lowest BCUT2D eigenvalue weighted by Crippen LogP contribution is -2.35. The molecule has 0 bridgehead atoms. The molecular weight excluding hydrogens is 434 g/mol. The van der Waals surface area contributed by atoms with Crippen molar-refractivity contribution in [2.24, 2.45) is 0 Å². The second-order valence-electron chi connectivity index (χ2n) is 8.39. The summed E-state index contributed by atoms with van der Waals surface area (Å²) < 4.78 is 7.40. The molecule has 0 N–H and O–H groups in total. The molecule has 4 rings (SSSR count). The van der Waals surface area contributed by atoms with Crippen molar-refractivity contribution in [3.63, 3.8) is 0 Å². The molecule has 0 radical (unpaired) electrons. The number of hydrogen-bond acceptors (Lipinski definition) is 6. The van der Waals surface area contributed by atoms with Crippen LogP contribution in [0.2, 0.25) is 0 Å². The molecule has 1 aromatic heterocycles. The number of hydrogen-bond donors (Lipinski definition) is 0. The first-order valence-electron chi connectivity index (χ1n) is 11.3. The Balaban J connectivity index is 1.65. The highest BCUT2D eigenvalue weighted by atomic mass is 32.2. The highest BCUT2D eigenvalue weighted by Crippen LogP contribution is 2.34. The number of ether oxygens (including phenoxy) is 1. The number of carbonyl (C=O) groups excluding carboxylic acids is 1. The van der Waals surface area contributed by atoms with E-state index in [9.17, 15) is 4.79 Å². The molecule has 0 spiro atoms. The summed E-state index contributed by atoms with van der Waals surface area (Å²) in [6.45, 7) is 4.81. The minimum Gasteiger partial charge on any atom is -0.497 e. The first-order chi connectivity index (χ1) is 15.9. The van der Waals surface area contributed by atoms with Crippen molar-refractivity contribution in [3.05, 3.63) is 59.9 Å². The summed E-state index contributed by atoms with van der Waals surface area (Å²) in [5.74, 6) is 1.75. The van der Waals surface area contributed by atoms with E-state index in [-0.39, 0.29) is 17.2 Å². The van der Waals surface area contributed by atoms with Crippen LogP contribution in [0.15, 0.2) is 53.7 Å². The molecule has 3 aromatic rings. The molecule has 0 aliphatic carbocycles. The highest BCUT2D eigenvalue weighted by Gasteiger charge is 2.31. The van der Waals surface area contributed by atoms with E-state index in [0.29, 0.717) is 5.16 Å². The van der Waals surface area contributed by atoms with Crippen molar-refractivity contribution >= 4 is 23.4 Å². The SMILES string of the molecule is CCC(c1nnc(SC(C)C(=O)N2CCc3ccccc32)n1-c1ccc(OC)cc1)N(C)C. The van der Waals surface area contributed by atoms with Crippen LogP contribution in [-0.4, -0.2) is 58.6 Å². The summed E-state index contributed by atoms with van der Waals surface area (Å²) in [6.07, 6.45) is 1.79. The summed E-state index contributed by atoms with van der Waals surface area (Å²) in [6, 6.07) is 16.1. The van der Waals surface area contributed by atoms with Crippen LogP contribution in [0.4, 0.5) is 5.69 Å². The van der Waals surface area contributed by atoms with Gasteiger partial charge in [-0.25, -0.2) is 0 Å². The number of fused-ring (bicyclic) bond motifs is 1. The molecule has 2 heterocycles. The number of thioether (sulfide) groups is 1. The fourth-order valence-electron chi connectivity index (χ4n) is 4.32. The first kappa shape index (κ1) is 23.3. The number of rotatable bonds is 8. The second-order valence-corrected chi connectivity index (χ2v) is 9.70. The van der Waals surface area contributed by atoms with Gasteiger partial charge in [0.2, 0.25) is 5.91 Å². The van der Waals surface area contributed by atoms with E-state index in [4.69, 9.17) is 4.74 Å². The van der Waals surface area contributed by atoms with Crippen LogP contribution in [0.3, 0.4) is 0 Å². The Morgan fingerprint density at radius 1 is 1.15 bits per heavy atom. The number of para-hydroxylation sites is 1. The summed E-state index contributed by atoms with van der Waals surface area (Å²) in [5, 5.41) is 9.51. The van der Waals surface area contributed by atoms with Gasteiger partial charge >= 0.3 is 0 Å². The quantitative estimate of drug-likeness (QED) is 0.461. The minimum atomic E-state index is -0.301. The van der Waals surface area contributed by atoms with Crippen molar-refractivity contribution in [2.75, 3.05) is 32.6 Å². The molecule has 0 saturated heterocycles. The molecule has 8 heteroatoms. The number of carbonyl (C=O) groups is 1. The van der Waals surface area contributed by atoms with Crippen molar-refractivity contribution in [1.82, 2.24) is 19.7 Å². The van der Waals surface area contributed by atoms with E-state index in [1.54, 1.807) is 7.11 Å². The van der Waals surface area contributed by atoms with Crippen molar-refractivity contribution in [1.29, 1.82) is 0 Å². The van der Waals surface area contributed by atoms with Crippen molar-refractivity contribution < 1.29 is 9.53 Å². The summed E-state index contributed by atoms with van der Waals surface area (Å²) in [5.41, 5.74) is 3.19. The largest absolute Gasteiger partial charge is 0.497 e. The van der Waals surface area contributed by atoms with Gasteiger partial charge in [-0.05, 0) is 69.8 Å². The van der Waals surface area contributed by atoms with E-state index < -0.39 is 0 Å². The fraction of sp³-hybridized carbons (Fsp3) is 0.400. The molecule has 0 saturated carbocycles. The van der Waals surface area contributed by atoms with Crippen LogP contribution in [0, 0.1) is 0 Å². The number of anilines is 1. The topological polar surface area (TPSA) is 63.5 Å². The van der Waals surface area contributed by atoms with Gasteiger partial charge in [0.25, 0.3) is 0 Å². The molecule has 2 aromatic carbocycles. The zero-order chi connectivity index (χ0) is 23.5. The third-order valence-corrected chi connectivity index (χ3v) is 7.11. The maximum atomic E-state index is 13.4. The molecule has 33 heavy (non-hydrogen) atoms. The Labute approximate surface area is 199 Å². The van der Waals surface area contributed by atoms with Gasteiger partial charge in [-0.3, -0.25) is 14.3 Å². The Morgan fingerprint density at radius 2 is 1.88 bits per heavy atom. The van der Waals surface area contributed by atoms with Crippen LogP contribution >= 0.6 is 11.8 Å². The standard InChI is InChI=1S/C25H31N5O2S/c1-6-21(28(3)4)23-26-27-25(30(23)19-11-13-20(32-5)14-12-19)33-17(2)24(31)29-16-15-18-9-7-8-10-22(18)29/h7-14,17,21H,6,15-16H2,1-5H3. The van der Waals surface area contributed by atoms with Crippen LogP contribution in [-0.2, 0) is 11.2 Å². The van der Waals surface area contributed by atoms with E-state index >= 15 is 0 Å². The van der Waals surface area contributed by atoms with Crippen LogP contribution in [0.25, 0.3) is 5.69 Å². The summed E-state index contributed by atoms with van der Waals surface area (Å²) in [4.78, 5) is 17.4. The average Bonchev–Trinajstić information content (AvgIpc) is 3.43. The minimum absolute atomic E-state index is 0.0930. The van der Waals surface area contributed by atoms with E-state index in [1.165, 1.54) is 17.3 Å². The number of aromatic nitrogens is 3. The monoisotopic (exact) mass is 465 g/mol. The number of benzene rings is 2. The van der Waals surface area contributed by atoms with Crippen LogP contribution < -0.4 is 9.64 Å². The fourth-order valence-corrected chi connectivity index (χ4v) is 5.26. The third-order valence-electron chi connectivity index (χ3n) is 6.08. The van der Waals surface area contributed by atoms with Gasteiger partial charge in [0, 0.05) is 17.9 Å². The van der Waals surface area contributed by atoms with Crippen molar-refractivity contribution in [3.8, 4) is 11.4 Å². The van der Waals surface area contributed by atoms with Crippen LogP contribution in [0.1, 0.15) is 37.7 Å². The maximum absolute atomic E-state index is 13.4. The lowest BCUT2D eigenvalue weighted by Gasteiger charge is -2.24. The molecule has 7 nitrogen and oxygen atoms in total. The highest BCUT2D eigenvalue weighted by molar-refractivity contribution is 8.00. The molecule has 1 amide bonds. The van der Waals surface area contributed by atoms with Gasteiger partial charge in [0.05, 0.1) is 18.4 Å². The molecule has 1 aliphatic heterocycles. The Hall–Kier alpha value is -2.84. The molecule has 174 valence electrons.